The van der Waals surface area contributed by atoms with Gasteiger partial charge in [-0.1, -0.05) is 19.4 Å². The van der Waals surface area contributed by atoms with E-state index in [4.69, 9.17) is 9.84 Å². The summed E-state index contributed by atoms with van der Waals surface area (Å²) in [5.74, 6) is -0.751. The predicted octanol–water partition coefficient (Wildman–Crippen LogP) is 3.32. The fraction of sp³-hybridized carbons (Fsp3) is 0.533. The molecule has 7 heteroatoms. The third kappa shape index (κ3) is 6.34. The zero-order valence-electron chi connectivity index (χ0n) is 12.3. The second-order valence-corrected chi connectivity index (χ2v) is 4.86. The summed E-state index contributed by atoms with van der Waals surface area (Å²) in [4.78, 5) is 10.9. The fourth-order valence-electron chi connectivity index (χ4n) is 1.90. The lowest BCUT2D eigenvalue weighted by atomic mass is 10.1. The van der Waals surface area contributed by atoms with Gasteiger partial charge in [0.15, 0.2) is 0 Å². The normalized spacial score (nSPS) is 12.9. The highest BCUT2D eigenvalue weighted by molar-refractivity contribution is 5.73. The summed E-state index contributed by atoms with van der Waals surface area (Å²) in [5, 5.41) is 11.8. The first-order chi connectivity index (χ1) is 10.3. The molecule has 0 aromatic heterocycles. The Kier molecular flexibility index (Phi) is 7.17. The Morgan fingerprint density at radius 3 is 2.73 bits per heavy atom. The number of carboxylic acids is 1. The first-order valence-electron chi connectivity index (χ1n) is 7.11. The lowest BCUT2D eigenvalue weighted by molar-refractivity contribution is -0.140. The molecule has 0 heterocycles. The van der Waals surface area contributed by atoms with Crippen molar-refractivity contribution in [2.24, 2.45) is 0 Å². The summed E-state index contributed by atoms with van der Waals surface area (Å²) in [6, 6.07) is 4.08. The van der Waals surface area contributed by atoms with Crippen LogP contribution in [0.3, 0.4) is 0 Å². The summed E-state index contributed by atoms with van der Waals surface area (Å²) in [5.41, 5.74) is -0.753. The summed E-state index contributed by atoms with van der Waals surface area (Å²) < 4.78 is 42.8. The van der Waals surface area contributed by atoms with Crippen molar-refractivity contribution in [3.8, 4) is 5.75 Å². The lowest BCUT2D eigenvalue weighted by Gasteiger charge is -2.14. The number of halogens is 3. The van der Waals surface area contributed by atoms with Gasteiger partial charge in [0.05, 0.1) is 12.2 Å². The molecule has 0 aliphatic rings. The molecule has 1 aromatic carbocycles. The van der Waals surface area contributed by atoms with Crippen LogP contribution in [0.2, 0.25) is 0 Å². The molecule has 0 amide bonds. The predicted molar refractivity (Wildman–Crippen MR) is 75.9 cm³/mol. The van der Waals surface area contributed by atoms with Gasteiger partial charge in [0.1, 0.15) is 11.8 Å². The van der Waals surface area contributed by atoms with Crippen molar-refractivity contribution >= 4 is 5.97 Å². The van der Waals surface area contributed by atoms with Gasteiger partial charge in [-0.15, -0.1) is 0 Å². The van der Waals surface area contributed by atoms with Gasteiger partial charge in [0.2, 0.25) is 0 Å². The van der Waals surface area contributed by atoms with Gasteiger partial charge >= 0.3 is 12.1 Å². The van der Waals surface area contributed by atoms with Crippen molar-refractivity contribution in [2.45, 2.75) is 38.4 Å². The van der Waals surface area contributed by atoms with Crippen molar-refractivity contribution in [1.82, 2.24) is 5.32 Å². The van der Waals surface area contributed by atoms with E-state index in [2.05, 4.69) is 5.32 Å². The topological polar surface area (TPSA) is 58.6 Å². The van der Waals surface area contributed by atoms with E-state index in [-0.39, 0.29) is 12.4 Å². The molecule has 0 saturated heterocycles. The number of carbonyl (C=O) groups is 1. The Balaban J connectivity index is 2.34. The molecule has 0 radical (unpaired) electrons. The number of benzene rings is 1. The molecule has 0 aliphatic heterocycles. The summed E-state index contributed by atoms with van der Waals surface area (Å²) in [7, 11) is 0. The Hall–Kier alpha value is -1.76. The third-order valence-electron chi connectivity index (χ3n) is 3.02. The number of hydrogen-bond donors (Lipinski definition) is 2. The molecule has 1 aromatic rings. The standard InChI is InChI=1S/C15H20F3NO3/c1-2-5-13(14(20)21)19-8-4-9-22-12-7-3-6-11(10-12)15(16,17)18/h3,6-7,10,13,19H,2,4-5,8-9H2,1H3,(H,20,21). The van der Waals surface area contributed by atoms with Crippen LogP contribution < -0.4 is 10.1 Å². The summed E-state index contributed by atoms with van der Waals surface area (Å²) >= 11 is 0. The molecule has 2 N–H and O–H groups in total. The quantitative estimate of drug-likeness (QED) is 0.686. The smallest absolute Gasteiger partial charge is 0.416 e. The minimum absolute atomic E-state index is 0.151. The molecule has 22 heavy (non-hydrogen) atoms. The summed E-state index contributed by atoms with van der Waals surface area (Å²) in [6.07, 6.45) is -2.60. The highest BCUT2D eigenvalue weighted by Crippen LogP contribution is 2.31. The van der Waals surface area contributed by atoms with E-state index in [1.165, 1.54) is 12.1 Å². The first-order valence-corrected chi connectivity index (χ1v) is 7.11. The molecule has 1 unspecified atom stereocenters. The molecule has 0 spiro atoms. The van der Waals surface area contributed by atoms with Gasteiger partial charge < -0.3 is 15.2 Å². The third-order valence-corrected chi connectivity index (χ3v) is 3.02. The largest absolute Gasteiger partial charge is 0.494 e. The van der Waals surface area contributed by atoms with Gasteiger partial charge in [-0.2, -0.15) is 13.2 Å². The molecule has 0 aliphatic carbocycles. The van der Waals surface area contributed by atoms with Gasteiger partial charge in [-0.3, -0.25) is 4.79 Å². The van der Waals surface area contributed by atoms with Crippen molar-refractivity contribution < 1.29 is 27.8 Å². The van der Waals surface area contributed by atoms with Crippen LogP contribution in [0.15, 0.2) is 24.3 Å². The maximum Gasteiger partial charge on any atom is 0.416 e. The van der Waals surface area contributed by atoms with Crippen molar-refractivity contribution in [2.75, 3.05) is 13.2 Å². The molecule has 4 nitrogen and oxygen atoms in total. The van der Waals surface area contributed by atoms with Crippen LogP contribution >= 0.6 is 0 Å². The van der Waals surface area contributed by atoms with Crippen LogP contribution in [0.4, 0.5) is 13.2 Å². The molecule has 0 bridgehead atoms. The molecule has 1 atom stereocenters. The first kappa shape index (κ1) is 18.3. The Labute approximate surface area is 127 Å². The van der Waals surface area contributed by atoms with Gasteiger partial charge in [-0.05, 0) is 37.6 Å². The van der Waals surface area contributed by atoms with E-state index < -0.39 is 23.8 Å². The Bertz CT molecular complexity index is 477. The number of rotatable bonds is 9. The molecule has 0 fully saturated rings. The van der Waals surface area contributed by atoms with Crippen LogP contribution in [-0.4, -0.2) is 30.3 Å². The second-order valence-electron chi connectivity index (χ2n) is 4.86. The Morgan fingerprint density at radius 1 is 1.41 bits per heavy atom. The average molecular weight is 319 g/mol. The van der Waals surface area contributed by atoms with Gasteiger partial charge in [-0.25, -0.2) is 0 Å². The van der Waals surface area contributed by atoms with E-state index in [0.717, 1.165) is 18.6 Å². The van der Waals surface area contributed by atoms with E-state index in [0.29, 0.717) is 19.4 Å². The minimum Gasteiger partial charge on any atom is -0.494 e. The number of ether oxygens (including phenoxy) is 1. The molecular formula is C15H20F3NO3. The number of aliphatic carboxylic acids is 1. The van der Waals surface area contributed by atoms with E-state index >= 15 is 0 Å². The molecular weight excluding hydrogens is 299 g/mol. The monoisotopic (exact) mass is 319 g/mol. The Morgan fingerprint density at radius 2 is 2.14 bits per heavy atom. The van der Waals surface area contributed by atoms with Crippen molar-refractivity contribution in [1.29, 1.82) is 0 Å². The van der Waals surface area contributed by atoms with Crippen LogP contribution in [0.5, 0.6) is 5.75 Å². The van der Waals surface area contributed by atoms with Gasteiger partial charge in [0, 0.05) is 0 Å². The van der Waals surface area contributed by atoms with Crippen molar-refractivity contribution in [3.63, 3.8) is 0 Å². The zero-order chi connectivity index (χ0) is 16.6. The molecule has 1 rings (SSSR count). The van der Waals surface area contributed by atoms with E-state index in [1.54, 1.807) is 0 Å². The number of carboxylic acid groups (broad SMARTS) is 1. The molecule has 124 valence electrons. The van der Waals surface area contributed by atoms with Crippen LogP contribution in [-0.2, 0) is 11.0 Å². The highest BCUT2D eigenvalue weighted by Gasteiger charge is 2.30. The minimum atomic E-state index is -4.39. The van der Waals surface area contributed by atoms with E-state index in [1.807, 2.05) is 6.92 Å². The molecule has 0 saturated carbocycles. The SMILES string of the molecule is CCCC(NCCCOc1cccc(C(F)(F)F)c1)C(=O)O. The van der Waals surface area contributed by atoms with Crippen LogP contribution in [0.25, 0.3) is 0 Å². The fourth-order valence-corrected chi connectivity index (χ4v) is 1.90. The summed E-state index contributed by atoms with van der Waals surface area (Å²) in [6.45, 7) is 2.54. The zero-order valence-corrected chi connectivity index (χ0v) is 12.3. The number of alkyl halides is 3. The van der Waals surface area contributed by atoms with E-state index in [9.17, 15) is 18.0 Å². The number of nitrogens with one attached hydrogen (secondary N) is 1. The second kappa shape index (κ2) is 8.63. The van der Waals surface area contributed by atoms with Crippen molar-refractivity contribution in [3.05, 3.63) is 29.8 Å². The van der Waals surface area contributed by atoms with Gasteiger partial charge in [0.25, 0.3) is 0 Å². The number of hydrogen-bond acceptors (Lipinski definition) is 3. The maximum atomic E-state index is 12.5. The highest BCUT2D eigenvalue weighted by atomic mass is 19.4. The van der Waals surface area contributed by atoms with Crippen LogP contribution in [0.1, 0.15) is 31.7 Å². The lowest BCUT2D eigenvalue weighted by Crippen LogP contribution is -2.37. The average Bonchev–Trinajstić information content (AvgIpc) is 2.45. The maximum absolute atomic E-state index is 12.5. The van der Waals surface area contributed by atoms with Crippen LogP contribution in [0, 0.1) is 0 Å².